The van der Waals surface area contributed by atoms with Crippen molar-refractivity contribution in [3.63, 3.8) is 0 Å². The molecule has 116 valence electrons. The summed E-state index contributed by atoms with van der Waals surface area (Å²) in [5.74, 6) is 0.102. The monoisotopic (exact) mass is 285 g/mol. The van der Waals surface area contributed by atoms with Crippen molar-refractivity contribution in [2.75, 3.05) is 13.2 Å². The van der Waals surface area contributed by atoms with E-state index in [2.05, 4.69) is 25.7 Å². The third kappa shape index (κ3) is 8.56. The molecule has 1 unspecified atom stereocenters. The summed E-state index contributed by atoms with van der Waals surface area (Å²) in [6.07, 6.45) is 2.67. The lowest BCUT2D eigenvalue weighted by Crippen LogP contribution is -2.45. The smallest absolute Gasteiger partial charge is 0.408 e. The first kappa shape index (κ1) is 18.5. The minimum atomic E-state index is -0.689. The van der Waals surface area contributed by atoms with Crippen LogP contribution in [-0.2, 0) is 14.3 Å². The maximum Gasteiger partial charge on any atom is 0.408 e. The molecule has 0 heterocycles. The highest BCUT2D eigenvalue weighted by molar-refractivity contribution is 5.81. The molecule has 20 heavy (non-hydrogen) atoms. The molecular formula is C15H27NO4. The van der Waals surface area contributed by atoms with Crippen molar-refractivity contribution in [3.8, 4) is 0 Å². The van der Waals surface area contributed by atoms with Crippen LogP contribution in [-0.4, -0.2) is 31.3 Å². The lowest BCUT2D eigenvalue weighted by atomic mass is 10.1. The van der Waals surface area contributed by atoms with Crippen molar-refractivity contribution in [1.29, 1.82) is 0 Å². The number of nitrogens with one attached hydrogen (secondary N) is 1. The van der Waals surface area contributed by atoms with Gasteiger partial charge in [-0.05, 0) is 24.7 Å². The first-order valence-electron chi connectivity index (χ1n) is 7.09. The molecule has 0 aliphatic rings. The Labute approximate surface area is 121 Å². The average molecular weight is 285 g/mol. The Morgan fingerprint density at radius 3 is 2.35 bits per heavy atom. The SMILES string of the molecule is C=CCOC(=O)NC(C(=O)OCCCC(C)C)C(C)C. The van der Waals surface area contributed by atoms with Crippen LogP contribution in [0.5, 0.6) is 0 Å². The maximum absolute atomic E-state index is 11.9. The molecule has 1 N–H and O–H groups in total. The van der Waals surface area contributed by atoms with E-state index in [4.69, 9.17) is 9.47 Å². The lowest BCUT2D eigenvalue weighted by Gasteiger charge is -2.20. The molecule has 5 heteroatoms. The highest BCUT2D eigenvalue weighted by Gasteiger charge is 2.26. The molecule has 5 nitrogen and oxygen atoms in total. The quantitative estimate of drug-likeness (QED) is 0.402. The Kier molecular flexibility index (Phi) is 9.51. The zero-order chi connectivity index (χ0) is 15.5. The second-order valence-corrected chi connectivity index (χ2v) is 5.46. The van der Waals surface area contributed by atoms with Gasteiger partial charge in [0.05, 0.1) is 6.61 Å². The molecule has 0 radical (unpaired) electrons. The van der Waals surface area contributed by atoms with Gasteiger partial charge >= 0.3 is 12.1 Å². The van der Waals surface area contributed by atoms with Crippen LogP contribution in [0.25, 0.3) is 0 Å². The summed E-state index contributed by atoms with van der Waals surface area (Å²) in [5, 5.41) is 2.52. The standard InChI is InChI=1S/C15H27NO4/c1-6-9-20-15(18)16-13(12(4)5)14(17)19-10-7-8-11(2)3/h6,11-13H,1,7-10H2,2-5H3,(H,16,18). The van der Waals surface area contributed by atoms with Crippen LogP contribution in [0, 0.1) is 11.8 Å². The fraction of sp³-hybridized carbons (Fsp3) is 0.733. The average Bonchev–Trinajstić information content (AvgIpc) is 2.37. The summed E-state index contributed by atoms with van der Waals surface area (Å²) in [6.45, 7) is 11.9. The molecule has 0 saturated heterocycles. The summed E-state index contributed by atoms with van der Waals surface area (Å²) in [7, 11) is 0. The van der Waals surface area contributed by atoms with Crippen LogP contribution < -0.4 is 5.32 Å². The van der Waals surface area contributed by atoms with Gasteiger partial charge in [-0.2, -0.15) is 0 Å². The van der Waals surface area contributed by atoms with E-state index in [0.717, 1.165) is 12.8 Å². The zero-order valence-corrected chi connectivity index (χ0v) is 13.0. The highest BCUT2D eigenvalue weighted by atomic mass is 16.6. The number of rotatable bonds is 9. The second-order valence-electron chi connectivity index (χ2n) is 5.46. The Bertz CT molecular complexity index is 313. The molecule has 0 bridgehead atoms. The summed E-state index contributed by atoms with van der Waals surface area (Å²) in [5.41, 5.74) is 0. The molecule has 0 aromatic rings. The van der Waals surface area contributed by atoms with E-state index in [0.29, 0.717) is 12.5 Å². The summed E-state index contributed by atoms with van der Waals surface area (Å²) in [4.78, 5) is 23.4. The number of amides is 1. The summed E-state index contributed by atoms with van der Waals surface area (Å²) in [6, 6.07) is -0.689. The predicted molar refractivity (Wildman–Crippen MR) is 78.3 cm³/mol. The molecule has 0 aliphatic heterocycles. The van der Waals surface area contributed by atoms with Crippen LogP contribution in [0.4, 0.5) is 4.79 Å². The Balaban J connectivity index is 4.19. The molecule has 0 aromatic carbocycles. The van der Waals surface area contributed by atoms with Crippen molar-refractivity contribution < 1.29 is 19.1 Å². The fourth-order valence-electron chi connectivity index (χ4n) is 1.56. The van der Waals surface area contributed by atoms with Crippen LogP contribution in [0.3, 0.4) is 0 Å². The number of alkyl carbamates (subject to hydrolysis) is 1. The van der Waals surface area contributed by atoms with E-state index in [1.807, 2.05) is 13.8 Å². The first-order valence-corrected chi connectivity index (χ1v) is 7.09. The van der Waals surface area contributed by atoms with Crippen LogP contribution in [0.1, 0.15) is 40.5 Å². The van der Waals surface area contributed by atoms with Crippen molar-refractivity contribution in [3.05, 3.63) is 12.7 Å². The van der Waals surface area contributed by atoms with Gasteiger partial charge in [-0.15, -0.1) is 0 Å². The van der Waals surface area contributed by atoms with Gasteiger partial charge in [-0.1, -0.05) is 40.3 Å². The van der Waals surface area contributed by atoms with Gasteiger partial charge in [-0.25, -0.2) is 9.59 Å². The number of carbonyl (C=O) groups excluding carboxylic acids is 2. The van der Waals surface area contributed by atoms with E-state index in [9.17, 15) is 9.59 Å². The van der Waals surface area contributed by atoms with E-state index in [1.54, 1.807) is 0 Å². The van der Waals surface area contributed by atoms with Crippen LogP contribution >= 0.6 is 0 Å². The van der Waals surface area contributed by atoms with Gasteiger partial charge in [0, 0.05) is 0 Å². The third-order valence-corrected chi connectivity index (χ3v) is 2.70. The number of esters is 1. The summed E-state index contributed by atoms with van der Waals surface area (Å²) >= 11 is 0. The van der Waals surface area contributed by atoms with Gasteiger partial charge < -0.3 is 14.8 Å². The molecule has 0 saturated carbocycles. The number of carbonyl (C=O) groups is 2. The van der Waals surface area contributed by atoms with Crippen molar-refractivity contribution in [2.24, 2.45) is 11.8 Å². The van der Waals surface area contributed by atoms with Crippen LogP contribution in [0.2, 0.25) is 0 Å². The van der Waals surface area contributed by atoms with Gasteiger partial charge in [0.1, 0.15) is 12.6 Å². The largest absolute Gasteiger partial charge is 0.464 e. The topological polar surface area (TPSA) is 64.6 Å². The molecule has 0 aliphatic carbocycles. The maximum atomic E-state index is 11.9. The third-order valence-electron chi connectivity index (χ3n) is 2.70. The number of hydrogen-bond acceptors (Lipinski definition) is 4. The van der Waals surface area contributed by atoms with Gasteiger partial charge in [0.15, 0.2) is 0 Å². The van der Waals surface area contributed by atoms with E-state index in [1.165, 1.54) is 6.08 Å². The Morgan fingerprint density at radius 2 is 1.85 bits per heavy atom. The fourth-order valence-corrected chi connectivity index (χ4v) is 1.56. The van der Waals surface area contributed by atoms with Crippen molar-refractivity contribution in [2.45, 2.75) is 46.6 Å². The molecule has 0 spiro atoms. The molecule has 0 fully saturated rings. The zero-order valence-electron chi connectivity index (χ0n) is 13.0. The minimum absolute atomic E-state index is 0.0659. The minimum Gasteiger partial charge on any atom is -0.464 e. The van der Waals surface area contributed by atoms with Gasteiger partial charge in [-0.3, -0.25) is 0 Å². The lowest BCUT2D eigenvalue weighted by molar-refractivity contribution is -0.147. The number of hydrogen-bond donors (Lipinski definition) is 1. The van der Waals surface area contributed by atoms with Crippen molar-refractivity contribution >= 4 is 12.1 Å². The Hall–Kier alpha value is -1.52. The predicted octanol–water partition coefficient (Wildman–Crippen LogP) is 2.90. The van der Waals surface area contributed by atoms with Gasteiger partial charge in [0.25, 0.3) is 0 Å². The van der Waals surface area contributed by atoms with Crippen LogP contribution in [0.15, 0.2) is 12.7 Å². The second kappa shape index (κ2) is 10.3. The normalized spacial score (nSPS) is 12.1. The molecule has 0 rings (SSSR count). The van der Waals surface area contributed by atoms with E-state index < -0.39 is 18.1 Å². The number of ether oxygens (including phenoxy) is 2. The molecular weight excluding hydrogens is 258 g/mol. The van der Waals surface area contributed by atoms with E-state index >= 15 is 0 Å². The van der Waals surface area contributed by atoms with Crippen molar-refractivity contribution in [1.82, 2.24) is 5.32 Å². The summed E-state index contributed by atoms with van der Waals surface area (Å²) < 4.78 is 10.00. The van der Waals surface area contributed by atoms with Gasteiger partial charge in [0.2, 0.25) is 0 Å². The van der Waals surface area contributed by atoms with E-state index in [-0.39, 0.29) is 12.5 Å². The molecule has 0 aromatic heterocycles. The molecule has 1 amide bonds. The first-order chi connectivity index (χ1) is 9.38. The highest BCUT2D eigenvalue weighted by Crippen LogP contribution is 2.07. The molecule has 1 atom stereocenters. The Morgan fingerprint density at radius 1 is 1.20 bits per heavy atom.